The summed E-state index contributed by atoms with van der Waals surface area (Å²) in [6.07, 6.45) is 1.11. The van der Waals surface area contributed by atoms with Gasteiger partial charge in [0.05, 0.1) is 17.8 Å². The number of carbonyl (C=O) groups excluding carboxylic acids is 1. The van der Waals surface area contributed by atoms with E-state index in [-0.39, 0.29) is 18.1 Å². The van der Waals surface area contributed by atoms with Crippen molar-refractivity contribution >= 4 is 22.9 Å². The molecule has 3 heterocycles. The van der Waals surface area contributed by atoms with E-state index in [0.29, 0.717) is 5.92 Å². The number of amides is 1. The average molecular weight is 327 g/mol. The van der Waals surface area contributed by atoms with Crippen LogP contribution in [0.3, 0.4) is 0 Å². The van der Waals surface area contributed by atoms with Crippen molar-refractivity contribution in [3.8, 4) is 0 Å². The lowest BCUT2D eigenvalue weighted by Crippen LogP contribution is -2.42. The molecule has 1 saturated heterocycles. The fourth-order valence-corrected chi connectivity index (χ4v) is 5.15. The molecule has 120 valence electrons. The van der Waals surface area contributed by atoms with Crippen molar-refractivity contribution in [1.29, 1.82) is 0 Å². The van der Waals surface area contributed by atoms with Crippen molar-refractivity contribution in [2.24, 2.45) is 5.92 Å². The van der Waals surface area contributed by atoms with Crippen LogP contribution in [0.4, 0.5) is 5.69 Å². The second kappa shape index (κ2) is 5.46. The van der Waals surface area contributed by atoms with Gasteiger partial charge in [-0.15, -0.1) is 11.3 Å². The van der Waals surface area contributed by atoms with Gasteiger partial charge in [0.25, 0.3) is 0 Å². The van der Waals surface area contributed by atoms with Crippen molar-refractivity contribution in [3.05, 3.63) is 51.2 Å². The molecule has 23 heavy (non-hydrogen) atoms. The smallest absolute Gasteiger partial charge is 0.224 e. The van der Waals surface area contributed by atoms with Crippen LogP contribution in [0, 0.1) is 19.8 Å². The Labute approximate surface area is 140 Å². The Bertz CT molecular complexity index is 753. The van der Waals surface area contributed by atoms with Crippen LogP contribution in [-0.4, -0.2) is 12.5 Å². The molecule has 0 spiro atoms. The molecule has 0 N–H and O–H groups in total. The molecule has 4 rings (SSSR count). The third-order valence-electron chi connectivity index (χ3n) is 5.05. The molecule has 1 aromatic heterocycles. The fraction of sp³-hybridized carbons (Fsp3) is 0.421. The van der Waals surface area contributed by atoms with Gasteiger partial charge in [-0.1, -0.05) is 12.1 Å². The van der Waals surface area contributed by atoms with Crippen LogP contribution in [0.15, 0.2) is 29.6 Å². The summed E-state index contributed by atoms with van der Waals surface area (Å²) in [7, 11) is 0. The summed E-state index contributed by atoms with van der Waals surface area (Å²) in [5.41, 5.74) is 4.67. The maximum Gasteiger partial charge on any atom is 0.224 e. The molecule has 0 bridgehead atoms. The first-order valence-electron chi connectivity index (χ1n) is 8.14. The zero-order valence-corrected chi connectivity index (χ0v) is 14.5. The van der Waals surface area contributed by atoms with E-state index in [1.807, 2.05) is 4.90 Å². The minimum atomic E-state index is 0.0914. The molecule has 2 aliphatic rings. The predicted molar refractivity (Wildman–Crippen MR) is 92.9 cm³/mol. The molecule has 1 aromatic carbocycles. The van der Waals surface area contributed by atoms with Crippen LogP contribution in [0.2, 0.25) is 0 Å². The number of thiophene rings is 1. The number of ether oxygens (including phenoxy) is 1. The summed E-state index contributed by atoms with van der Waals surface area (Å²) < 4.78 is 6.13. The minimum Gasteiger partial charge on any atom is -0.373 e. The van der Waals surface area contributed by atoms with E-state index in [1.165, 1.54) is 21.6 Å². The second-order valence-corrected chi connectivity index (χ2v) is 7.59. The van der Waals surface area contributed by atoms with E-state index in [9.17, 15) is 4.79 Å². The molecule has 2 aromatic rings. The summed E-state index contributed by atoms with van der Waals surface area (Å²) in [5, 5.41) is 2.09. The van der Waals surface area contributed by atoms with Crippen molar-refractivity contribution in [1.82, 2.24) is 0 Å². The van der Waals surface area contributed by atoms with E-state index < -0.39 is 0 Å². The summed E-state index contributed by atoms with van der Waals surface area (Å²) in [6, 6.07) is 8.65. The minimum absolute atomic E-state index is 0.0914. The molecule has 1 amide bonds. The number of aryl methyl sites for hydroxylation is 2. The summed E-state index contributed by atoms with van der Waals surface area (Å²) in [5.74, 6) is 0.450. The van der Waals surface area contributed by atoms with E-state index in [0.717, 1.165) is 18.7 Å². The molecule has 1 fully saturated rings. The molecule has 0 saturated carbocycles. The molecule has 0 radical (unpaired) electrons. The third kappa shape index (κ3) is 2.24. The lowest BCUT2D eigenvalue weighted by molar-refractivity contribution is -0.117. The molecule has 0 aliphatic carbocycles. The van der Waals surface area contributed by atoms with Crippen LogP contribution in [-0.2, 0) is 9.53 Å². The predicted octanol–water partition coefficient (Wildman–Crippen LogP) is 4.55. The normalized spacial score (nSPS) is 26.0. The van der Waals surface area contributed by atoms with E-state index >= 15 is 0 Å². The van der Waals surface area contributed by atoms with Gasteiger partial charge in [0.15, 0.2) is 0 Å². The number of benzene rings is 1. The Hall–Kier alpha value is -1.65. The first-order chi connectivity index (χ1) is 11.1. The van der Waals surface area contributed by atoms with Crippen molar-refractivity contribution < 1.29 is 9.53 Å². The third-order valence-corrected chi connectivity index (χ3v) is 5.99. The highest BCUT2D eigenvalue weighted by Gasteiger charge is 2.47. The van der Waals surface area contributed by atoms with Crippen LogP contribution < -0.4 is 4.90 Å². The second-order valence-electron chi connectivity index (χ2n) is 6.61. The summed E-state index contributed by atoms with van der Waals surface area (Å²) >= 11 is 1.73. The van der Waals surface area contributed by atoms with Crippen LogP contribution >= 0.6 is 11.3 Å². The van der Waals surface area contributed by atoms with Gasteiger partial charge < -0.3 is 9.64 Å². The topological polar surface area (TPSA) is 29.5 Å². The van der Waals surface area contributed by atoms with Gasteiger partial charge in [-0.05, 0) is 48.9 Å². The highest BCUT2D eigenvalue weighted by molar-refractivity contribution is 7.10. The number of rotatable bonds is 1. The fourth-order valence-electron chi connectivity index (χ4n) is 4.26. The van der Waals surface area contributed by atoms with Crippen molar-refractivity contribution in [2.75, 3.05) is 11.5 Å². The van der Waals surface area contributed by atoms with Crippen molar-refractivity contribution in [2.45, 2.75) is 39.3 Å². The Kier molecular flexibility index (Phi) is 3.54. The summed E-state index contributed by atoms with van der Waals surface area (Å²) in [6.45, 7) is 6.68. The molecule has 2 aliphatic heterocycles. The van der Waals surface area contributed by atoms with Gasteiger partial charge in [0, 0.05) is 29.9 Å². The molecule has 4 heteroatoms. The molecule has 3 atom stereocenters. The lowest BCUT2D eigenvalue weighted by atomic mass is 9.80. The average Bonchev–Trinajstić information content (AvgIpc) is 3.16. The molecular formula is C19H21NO2S. The summed E-state index contributed by atoms with van der Waals surface area (Å²) in [4.78, 5) is 15.8. The van der Waals surface area contributed by atoms with Gasteiger partial charge in [-0.25, -0.2) is 0 Å². The van der Waals surface area contributed by atoms with Gasteiger partial charge in [0.2, 0.25) is 5.91 Å². The van der Waals surface area contributed by atoms with Crippen molar-refractivity contribution in [3.63, 3.8) is 0 Å². The largest absolute Gasteiger partial charge is 0.373 e. The van der Waals surface area contributed by atoms with Gasteiger partial charge in [0.1, 0.15) is 0 Å². The van der Waals surface area contributed by atoms with Crippen LogP contribution in [0.25, 0.3) is 0 Å². The lowest BCUT2D eigenvalue weighted by Gasteiger charge is -2.43. The zero-order chi connectivity index (χ0) is 16.1. The van der Waals surface area contributed by atoms with Crippen LogP contribution in [0.1, 0.15) is 47.1 Å². The van der Waals surface area contributed by atoms with E-state index in [1.54, 1.807) is 18.3 Å². The maximum atomic E-state index is 12.6. The van der Waals surface area contributed by atoms with E-state index in [4.69, 9.17) is 4.74 Å². The molecular weight excluding hydrogens is 306 g/mol. The Morgan fingerprint density at radius 2 is 2.17 bits per heavy atom. The quantitative estimate of drug-likeness (QED) is 0.769. The number of anilines is 1. The van der Waals surface area contributed by atoms with Gasteiger partial charge in [-0.3, -0.25) is 4.79 Å². The number of nitrogens with zero attached hydrogens (tertiary/aromatic N) is 1. The Morgan fingerprint density at radius 3 is 2.87 bits per heavy atom. The number of carbonyl (C=O) groups is 1. The number of hydrogen-bond donors (Lipinski definition) is 0. The van der Waals surface area contributed by atoms with Crippen LogP contribution in [0.5, 0.6) is 0 Å². The Morgan fingerprint density at radius 1 is 1.35 bits per heavy atom. The number of hydrogen-bond acceptors (Lipinski definition) is 3. The number of fused-ring (bicyclic) bond motifs is 3. The standard InChI is InChI=1S/C19H21NO2S/c1-11-9-12(2)17-15(10-11)20(13(3)21)18(16-5-4-8-23-16)14-6-7-22-19(14)17/h4-5,8-10,14,18-19H,6-7H2,1-3H3/t14-,18+,19+/m1/s1. The monoisotopic (exact) mass is 327 g/mol. The Balaban J connectivity index is 1.97. The zero-order valence-electron chi connectivity index (χ0n) is 13.7. The first kappa shape index (κ1) is 14.9. The molecule has 0 unspecified atom stereocenters. The molecule has 3 nitrogen and oxygen atoms in total. The highest BCUT2D eigenvalue weighted by Crippen LogP contribution is 2.54. The SMILES string of the molecule is CC(=O)N1c2cc(C)cc(C)c2[C@H]2OCC[C@@H]2[C@H]1c1cccs1. The highest BCUT2D eigenvalue weighted by atomic mass is 32.1. The van der Waals surface area contributed by atoms with Gasteiger partial charge in [-0.2, -0.15) is 0 Å². The first-order valence-corrected chi connectivity index (χ1v) is 9.02. The van der Waals surface area contributed by atoms with E-state index in [2.05, 4.69) is 43.5 Å². The maximum absolute atomic E-state index is 12.6. The van der Waals surface area contributed by atoms with Gasteiger partial charge >= 0.3 is 0 Å².